The van der Waals surface area contributed by atoms with Crippen LogP contribution in [-0.2, 0) is 0 Å². The third-order valence-electron chi connectivity index (χ3n) is 9.65. The van der Waals surface area contributed by atoms with Crippen molar-refractivity contribution < 1.29 is 22.6 Å². The quantitative estimate of drug-likeness (QED) is 0.280. The van der Waals surface area contributed by atoms with E-state index in [-0.39, 0.29) is 41.3 Å². The highest BCUT2D eigenvalue weighted by Crippen LogP contribution is 2.44. The van der Waals surface area contributed by atoms with E-state index in [9.17, 15) is 8.78 Å². The van der Waals surface area contributed by atoms with Crippen LogP contribution in [0.3, 0.4) is 0 Å². The minimum atomic E-state index is -0.899. The van der Waals surface area contributed by atoms with Gasteiger partial charge in [-0.05, 0) is 50.1 Å². The summed E-state index contributed by atoms with van der Waals surface area (Å²) < 4.78 is 58.5. The summed E-state index contributed by atoms with van der Waals surface area (Å²) in [5.41, 5.74) is -0.0585. The molecule has 8 rings (SSSR count). The number of hydrogen-bond donors (Lipinski definition) is 0. The number of nitrogens with zero attached hydrogens (tertiary/aromatic N) is 5. The number of pyridine rings is 1. The van der Waals surface area contributed by atoms with Crippen LogP contribution in [0.5, 0.6) is 11.9 Å². The van der Waals surface area contributed by atoms with E-state index in [1.165, 1.54) is 6.07 Å². The highest BCUT2D eigenvalue weighted by Gasteiger charge is 2.49. The van der Waals surface area contributed by atoms with E-state index in [4.69, 9.17) is 20.9 Å². The lowest BCUT2D eigenvalue weighted by Crippen LogP contribution is -2.44. The van der Waals surface area contributed by atoms with Gasteiger partial charge in [-0.1, -0.05) is 30.2 Å². The van der Waals surface area contributed by atoms with E-state index in [1.54, 1.807) is 24.3 Å². The molecule has 3 atom stereocenters. The van der Waals surface area contributed by atoms with E-state index >= 15 is 4.39 Å². The zero-order valence-corrected chi connectivity index (χ0v) is 23.6. The monoisotopic (exact) mass is 585 g/mol. The SMILES string of the molecule is C#Cc1c(F)ccc2cccc(-c3nc4c5c(nc(OC[C@@]67CCCN6C[C@H](F)C7)nc5c3F)N3CCCC[C@H]3CO4)c12. The van der Waals surface area contributed by atoms with E-state index in [1.807, 2.05) is 0 Å². The molecular formula is C33H30F3N5O2. The van der Waals surface area contributed by atoms with Gasteiger partial charge in [0, 0.05) is 30.5 Å². The average molecular weight is 586 g/mol. The molecule has 3 saturated heterocycles. The van der Waals surface area contributed by atoms with Gasteiger partial charge in [0.2, 0.25) is 5.88 Å². The minimum Gasteiger partial charge on any atom is -0.475 e. The summed E-state index contributed by atoms with van der Waals surface area (Å²) >= 11 is 0. The van der Waals surface area contributed by atoms with E-state index < -0.39 is 23.3 Å². The Labute approximate surface area is 247 Å². The fraction of sp³-hybridized carbons (Fsp3) is 0.424. The third kappa shape index (κ3) is 4.12. The molecule has 43 heavy (non-hydrogen) atoms. The van der Waals surface area contributed by atoms with Crippen LogP contribution in [0.15, 0.2) is 30.3 Å². The van der Waals surface area contributed by atoms with Gasteiger partial charge in [-0.15, -0.1) is 6.42 Å². The molecule has 0 saturated carbocycles. The highest BCUT2D eigenvalue weighted by atomic mass is 19.1. The molecule has 0 N–H and O–H groups in total. The van der Waals surface area contributed by atoms with Crippen molar-refractivity contribution in [1.29, 1.82) is 0 Å². The highest BCUT2D eigenvalue weighted by molar-refractivity contribution is 6.03. The molecule has 7 nitrogen and oxygen atoms in total. The van der Waals surface area contributed by atoms with Crippen LogP contribution < -0.4 is 14.4 Å². The topological polar surface area (TPSA) is 63.6 Å². The summed E-state index contributed by atoms with van der Waals surface area (Å²) in [6, 6.07) is 8.21. The van der Waals surface area contributed by atoms with Gasteiger partial charge in [-0.3, -0.25) is 4.90 Å². The van der Waals surface area contributed by atoms with E-state index in [0.29, 0.717) is 47.1 Å². The second-order valence-electron chi connectivity index (χ2n) is 12.1. The van der Waals surface area contributed by atoms with Crippen molar-refractivity contribution in [2.75, 3.05) is 37.7 Å². The molecule has 3 fully saturated rings. The van der Waals surface area contributed by atoms with Crippen LogP contribution in [0.1, 0.15) is 44.1 Å². The molecule has 10 heteroatoms. The summed E-state index contributed by atoms with van der Waals surface area (Å²) in [7, 11) is 0. The Hall–Kier alpha value is -4.10. The van der Waals surface area contributed by atoms with Gasteiger partial charge in [0.1, 0.15) is 47.6 Å². The molecule has 4 aliphatic rings. The van der Waals surface area contributed by atoms with Crippen LogP contribution in [0.2, 0.25) is 0 Å². The maximum absolute atomic E-state index is 16.8. The number of terminal acetylenes is 1. The van der Waals surface area contributed by atoms with Gasteiger partial charge >= 0.3 is 6.01 Å². The van der Waals surface area contributed by atoms with Crippen molar-refractivity contribution in [2.45, 2.75) is 56.3 Å². The smallest absolute Gasteiger partial charge is 0.319 e. The van der Waals surface area contributed by atoms with Gasteiger partial charge < -0.3 is 14.4 Å². The lowest BCUT2D eigenvalue weighted by atomic mass is 9.95. The van der Waals surface area contributed by atoms with Crippen LogP contribution in [-0.4, -0.2) is 70.5 Å². The number of rotatable bonds is 4. The largest absolute Gasteiger partial charge is 0.475 e. The number of ether oxygens (including phenoxy) is 2. The van der Waals surface area contributed by atoms with Crippen LogP contribution >= 0.6 is 0 Å². The first-order valence-corrected chi connectivity index (χ1v) is 15.0. The second-order valence-corrected chi connectivity index (χ2v) is 12.1. The lowest BCUT2D eigenvalue weighted by Gasteiger charge is -2.35. The van der Waals surface area contributed by atoms with Crippen molar-refractivity contribution in [1.82, 2.24) is 19.9 Å². The first-order valence-electron chi connectivity index (χ1n) is 15.0. The Morgan fingerprint density at radius 3 is 2.86 bits per heavy atom. The van der Waals surface area contributed by atoms with Gasteiger partial charge in [0.25, 0.3) is 0 Å². The zero-order chi connectivity index (χ0) is 29.3. The lowest BCUT2D eigenvalue weighted by molar-refractivity contribution is 0.107. The summed E-state index contributed by atoms with van der Waals surface area (Å²) in [6.45, 7) is 2.54. The number of alkyl halides is 1. The van der Waals surface area contributed by atoms with E-state index in [2.05, 4.69) is 25.7 Å². The third-order valence-corrected chi connectivity index (χ3v) is 9.65. The standard InChI is InChI=1S/C33H30F3N5O2/c1-2-22-24(35)11-10-19-7-5-9-23(25(19)22)28-27(36)29-26-30(41-14-4-3-8-21(41)17-42-31(26)37-28)39-32(38-29)43-18-33-12-6-13-40(33)16-20(34)15-33/h1,5,7,9-11,20-21H,3-4,6,8,12-18H2/t20-,21+,33+/m1/s1. The molecule has 6 heterocycles. The van der Waals surface area contributed by atoms with Crippen LogP contribution in [0.25, 0.3) is 32.9 Å². The Morgan fingerprint density at radius 1 is 1.07 bits per heavy atom. The molecule has 4 aromatic rings. The fourth-order valence-electron chi connectivity index (χ4n) is 7.63. The molecule has 4 aliphatic heterocycles. The molecule has 0 spiro atoms. The Kier molecular flexibility index (Phi) is 6.16. The van der Waals surface area contributed by atoms with Gasteiger partial charge in [0.05, 0.1) is 17.1 Å². The van der Waals surface area contributed by atoms with Crippen LogP contribution in [0, 0.1) is 24.0 Å². The van der Waals surface area contributed by atoms with Crippen LogP contribution in [0.4, 0.5) is 19.0 Å². The van der Waals surface area contributed by atoms with E-state index in [0.717, 1.165) is 45.2 Å². The van der Waals surface area contributed by atoms with Crippen molar-refractivity contribution >= 4 is 27.5 Å². The van der Waals surface area contributed by atoms with Gasteiger partial charge in [-0.2, -0.15) is 9.97 Å². The maximum Gasteiger partial charge on any atom is 0.319 e. The number of hydrogen-bond acceptors (Lipinski definition) is 7. The molecule has 0 unspecified atom stereocenters. The maximum atomic E-state index is 16.8. The molecule has 0 amide bonds. The summed E-state index contributed by atoms with van der Waals surface area (Å²) in [5, 5.41) is 1.43. The molecule has 0 bridgehead atoms. The Morgan fingerprint density at radius 2 is 1.98 bits per heavy atom. The number of piperidine rings is 1. The van der Waals surface area contributed by atoms with Gasteiger partial charge in [-0.25, -0.2) is 18.2 Å². The van der Waals surface area contributed by atoms with Crippen molar-refractivity contribution in [2.24, 2.45) is 0 Å². The zero-order valence-electron chi connectivity index (χ0n) is 23.6. The molecule has 220 valence electrons. The fourth-order valence-corrected chi connectivity index (χ4v) is 7.63. The molecule has 2 aromatic carbocycles. The Bertz CT molecular complexity index is 1830. The first kappa shape index (κ1) is 26.5. The van der Waals surface area contributed by atoms with Crippen molar-refractivity contribution in [3.8, 4) is 35.5 Å². The number of fused-ring (bicyclic) bond motifs is 4. The predicted octanol–water partition coefficient (Wildman–Crippen LogP) is 5.81. The second kappa shape index (κ2) is 9.98. The number of benzene rings is 2. The Balaban J connectivity index is 1.32. The van der Waals surface area contributed by atoms with Crippen molar-refractivity contribution in [3.63, 3.8) is 0 Å². The predicted molar refractivity (Wildman–Crippen MR) is 157 cm³/mol. The summed E-state index contributed by atoms with van der Waals surface area (Å²) in [5.74, 6) is 1.91. The number of halogens is 3. The molecule has 0 radical (unpaired) electrons. The van der Waals surface area contributed by atoms with Crippen molar-refractivity contribution in [3.05, 3.63) is 47.5 Å². The first-order chi connectivity index (χ1) is 21.0. The molecule has 0 aliphatic carbocycles. The van der Waals surface area contributed by atoms with Gasteiger partial charge in [0.15, 0.2) is 5.82 Å². The number of aromatic nitrogens is 3. The number of anilines is 1. The molecule has 2 aromatic heterocycles. The minimum absolute atomic E-state index is 0.0115. The summed E-state index contributed by atoms with van der Waals surface area (Å²) in [4.78, 5) is 18.4. The normalized spacial score (nSPS) is 24.8. The average Bonchev–Trinajstić information content (AvgIpc) is 3.49. The summed E-state index contributed by atoms with van der Waals surface area (Å²) in [6.07, 6.45) is 9.94. The molecular weight excluding hydrogens is 555 g/mol.